The van der Waals surface area contributed by atoms with Crippen molar-refractivity contribution in [2.45, 2.75) is 26.4 Å². The minimum absolute atomic E-state index is 0.0329. The van der Waals surface area contributed by atoms with Crippen LogP contribution < -0.4 is 4.74 Å². The van der Waals surface area contributed by atoms with Gasteiger partial charge < -0.3 is 14.8 Å². The zero-order valence-corrected chi connectivity index (χ0v) is 12.5. The zero-order valence-electron chi connectivity index (χ0n) is 12.5. The fraction of sp³-hybridized carbons (Fsp3) is 0.333. The SMILES string of the molecule is CC(=O)C(C#N)=Cc1c[nH]c2ncc(OCC(C)(C)O)nc12. The number of aromatic nitrogens is 3. The van der Waals surface area contributed by atoms with E-state index in [0.717, 1.165) is 0 Å². The van der Waals surface area contributed by atoms with Gasteiger partial charge in [-0.2, -0.15) is 5.26 Å². The van der Waals surface area contributed by atoms with Gasteiger partial charge in [-0.15, -0.1) is 0 Å². The van der Waals surface area contributed by atoms with Crippen LogP contribution in [-0.4, -0.2) is 38.0 Å². The Kier molecular flexibility index (Phi) is 4.24. The summed E-state index contributed by atoms with van der Waals surface area (Å²) < 4.78 is 5.39. The van der Waals surface area contributed by atoms with Crippen LogP contribution in [0.2, 0.25) is 0 Å². The van der Waals surface area contributed by atoms with E-state index in [4.69, 9.17) is 10.00 Å². The number of rotatable bonds is 5. The Balaban J connectivity index is 2.38. The lowest BCUT2D eigenvalue weighted by atomic mass is 10.1. The third-order valence-electron chi connectivity index (χ3n) is 2.76. The summed E-state index contributed by atoms with van der Waals surface area (Å²) in [6, 6.07) is 1.85. The number of fused-ring (bicyclic) bond motifs is 1. The number of hydrogen-bond acceptors (Lipinski definition) is 6. The van der Waals surface area contributed by atoms with E-state index in [1.807, 2.05) is 6.07 Å². The Morgan fingerprint density at radius 2 is 2.32 bits per heavy atom. The number of hydrogen-bond donors (Lipinski definition) is 2. The molecule has 0 aliphatic carbocycles. The van der Waals surface area contributed by atoms with E-state index in [0.29, 0.717) is 16.7 Å². The monoisotopic (exact) mass is 300 g/mol. The summed E-state index contributed by atoms with van der Waals surface area (Å²) in [7, 11) is 0. The number of Topliss-reactive ketones (excluding diaryl/α,β-unsaturated/α-hetero) is 1. The van der Waals surface area contributed by atoms with Crippen LogP contribution in [0.4, 0.5) is 0 Å². The van der Waals surface area contributed by atoms with Crippen LogP contribution in [0.5, 0.6) is 5.88 Å². The first-order valence-corrected chi connectivity index (χ1v) is 6.62. The maximum atomic E-state index is 11.3. The number of aromatic amines is 1. The molecule has 0 saturated carbocycles. The van der Waals surface area contributed by atoms with E-state index in [-0.39, 0.29) is 23.8 Å². The summed E-state index contributed by atoms with van der Waals surface area (Å²) in [6.45, 7) is 4.64. The smallest absolute Gasteiger partial charge is 0.233 e. The van der Waals surface area contributed by atoms with Crippen molar-refractivity contribution in [1.29, 1.82) is 5.26 Å². The van der Waals surface area contributed by atoms with E-state index >= 15 is 0 Å². The van der Waals surface area contributed by atoms with Gasteiger partial charge in [0, 0.05) is 11.8 Å². The number of H-pyrrole nitrogens is 1. The summed E-state index contributed by atoms with van der Waals surface area (Å²) in [5.74, 6) is -0.0653. The molecule has 2 aromatic rings. The molecule has 0 aromatic carbocycles. The number of carbonyl (C=O) groups excluding carboxylic acids is 1. The molecule has 0 bridgehead atoms. The van der Waals surface area contributed by atoms with Crippen LogP contribution in [0.15, 0.2) is 18.0 Å². The number of ether oxygens (including phenoxy) is 1. The zero-order chi connectivity index (χ0) is 16.3. The number of ketones is 1. The second kappa shape index (κ2) is 5.95. The second-order valence-electron chi connectivity index (χ2n) is 5.48. The molecule has 0 aliphatic heterocycles. The molecule has 0 unspecified atom stereocenters. The standard InChI is InChI=1S/C15H16N4O3/c1-9(20)10(5-16)4-11-6-17-14-13(11)19-12(7-18-14)22-8-15(2,3)21/h4,6-7,21H,8H2,1-3H3,(H,17,18). The van der Waals surface area contributed by atoms with E-state index in [2.05, 4.69) is 15.0 Å². The summed E-state index contributed by atoms with van der Waals surface area (Å²) in [4.78, 5) is 22.7. The summed E-state index contributed by atoms with van der Waals surface area (Å²) in [5.41, 5.74) is 0.624. The number of nitriles is 1. The Labute approximate surface area is 127 Å². The average Bonchev–Trinajstić information content (AvgIpc) is 2.83. The van der Waals surface area contributed by atoms with Crippen molar-refractivity contribution in [2.75, 3.05) is 6.61 Å². The molecule has 7 nitrogen and oxygen atoms in total. The molecule has 2 aromatic heterocycles. The van der Waals surface area contributed by atoms with Gasteiger partial charge in [-0.3, -0.25) is 4.79 Å². The highest BCUT2D eigenvalue weighted by atomic mass is 16.5. The van der Waals surface area contributed by atoms with E-state index in [1.54, 1.807) is 20.0 Å². The van der Waals surface area contributed by atoms with Crippen LogP contribution >= 0.6 is 0 Å². The van der Waals surface area contributed by atoms with Crippen LogP contribution in [0.25, 0.3) is 17.2 Å². The lowest BCUT2D eigenvalue weighted by Gasteiger charge is -2.16. The fourth-order valence-corrected chi connectivity index (χ4v) is 1.69. The number of nitrogens with one attached hydrogen (secondary N) is 1. The lowest BCUT2D eigenvalue weighted by molar-refractivity contribution is -0.113. The van der Waals surface area contributed by atoms with E-state index in [1.165, 1.54) is 19.2 Å². The fourth-order valence-electron chi connectivity index (χ4n) is 1.69. The highest BCUT2D eigenvalue weighted by Crippen LogP contribution is 2.20. The van der Waals surface area contributed by atoms with Crippen LogP contribution in [0, 0.1) is 11.3 Å². The van der Waals surface area contributed by atoms with Gasteiger partial charge in [0.1, 0.15) is 18.2 Å². The number of allylic oxidation sites excluding steroid dienone is 1. The van der Waals surface area contributed by atoms with Crippen molar-refractivity contribution in [3.8, 4) is 11.9 Å². The van der Waals surface area contributed by atoms with Crippen molar-refractivity contribution in [3.63, 3.8) is 0 Å². The Morgan fingerprint density at radius 1 is 1.59 bits per heavy atom. The molecule has 0 atom stereocenters. The molecule has 0 saturated heterocycles. The van der Waals surface area contributed by atoms with Gasteiger partial charge >= 0.3 is 0 Å². The number of aliphatic hydroxyl groups is 1. The molecule has 0 amide bonds. The normalized spacial score (nSPS) is 12.2. The Bertz CT molecular complexity index is 778. The van der Waals surface area contributed by atoms with Crippen LogP contribution in [-0.2, 0) is 4.79 Å². The van der Waals surface area contributed by atoms with Crippen molar-refractivity contribution >= 4 is 23.0 Å². The van der Waals surface area contributed by atoms with Gasteiger partial charge in [-0.1, -0.05) is 0 Å². The molecule has 2 rings (SSSR count). The molecule has 0 aliphatic rings. The van der Waals surface area contributed by atoms with Gasteiger partial charge in [0.2, 0.25) is 5.88 Å². The van der Waals surface area contributed by atoms with E-state index in [9.17, 15) is 9.90 Å². The highest BCUT2D eigenvalue weighted by Gasteiger charge is 2.15. The summed E-state index contributed by atoms with van der Waals surface area (Å²) >= 11 is 0. The molecule has 22 heavy (non-hydrogen) atoms. The quantitative estimate of drug-likeness (QED) is 0.640. The largest absolute Gasteiger partial charge is 0.474 e. The average molecular weight is 300 g/mol. The third kappa shape index (κ3) is 3.68. The molecule has 0 radical (unpaired) electrons. The first-order chi connectivity index (χ1) is 10.3. The molecule has 2 heterocycles. The van der Waals surface area contributed by atoms with Gasteiger partial charge in [-0.25, -0.2) is 9.97 Å². The minimum atomic E-state index is -0.986. The predicted octanol–water partition coefficient (Wildman–Crippen LogP) is 1.60. The third-order valence-corrected chi connectivity index (χ3v) is 2.76. The molecule has 2 N–H and O–H groups in total. The highest BCUT2D eigenvalue weighted by molar-refractivity contribution is 6.03. The van der Waals surface area contributed by atoms with Crippen molar-refractivity contribution in [3.05, 3.63) is 23.5 Å². The van der Waals surface area contributed by atoms with Crippen molar-refractivity contribution < 1.29 is 14.6 Å². The van der Waals surface area contributed by atoms with Crippen molar-refractivity contribution in [2.24, 2.45) is 0 Å². The minimum Gasteiger partial charge on any atom is -0.474 e. The maximum Gasteiger partial charge on any atom is 0.233 e. The first kappa shape index (κ1) is 15.7. The topological polar surface area (TPSA) is 112 Å². The van der Waals surface area contributed by atoms with Gasteiger partial charge in [-0.05, 0) is 26.8 Å². The maximum absolute atomic E-state index is 11.3. The predicted molar refractivity (Wildman–Crippen MR) is 80.0 cm³/mol. The van der Waals surface area contributed by atoms with Crippen LogP contribution in [0.3, 0.4) is 0 Å². The van der Waals surface area contributed by atoms with Gasteiger partial charge in [0.25, 0.3) is 0 Å². The molecule has 114 valence electrons. The summed E-state index contributed by atoms with van der Waals surface area (Å²) in [5, 5.41) is 18.6. The van der Waals surface area contributed by atoms with E-state index < -0.39 is 5.60 Å². The van der Waals surface area contributed by atoms with Crippen molar-refractivity contribution in [1.82, 2.24) is 15.0 Å². The molecule has 0 spiro atoms. The Hall–Kier alpha value is -2.72. The molecular weight excluding hydrogens is 284 g/mol. The Morgan fingerprint density at radius 3 is 2.91 bits per heavy atom. The molecule has 7 heteroatoms. The van der Waals surface area contributed by atoms with Gasteiger partial charge in [0.15, 0.2) is 11.4 Å². The summed E-state index contributed by atoms with van der Waals surface area (Å²) in [6.07, 6.45) is 4.51. The number of nitrogens with zero attached hydrogens (tertiary/aromatic N) is 3. The molecule has 0 fully saturated rings. The number of carbonyl (C=O) groups is 1. The van der Waals surface area contributed by atoms with Crippen LogP contribution in [0.1, 0.15) is 26.3 Å². The lowest BCUT2D eigenvalue weighted by Crippen LogP contribution is -2.28. The second-order valence-corrected chi connectivity index (χ2v) is 5.48. The first-order valence-electron chi connectivity index (χ1n) is 6.62. The molecular formula is C15H16N4O3. The van der Waals surface area contributed by atoms with Gasteiger partial charge in [0.05, 0.1) is 17.4 Å².